The first-order valence-corrected chi connectivity index (χ1v) is 9.14. The van der Waals surface area contributed by atoms with E-state index < -0.39 is 18.0 Å². The van der Waals surface area contributed by atoms with Crippen LogP contribution in [-0.4, -0.2) is 51.9 Å². The highest BCUT2D eigenvalue weighted by Crippen LogP contribution is 2.09. The van der Waals surface area contributed by atoms with Crippen molar-refractivity contribution in [3.8, 4) is 0 Å². The summed E-state index contributed by atoms with van der Waals surface area (Å²) >= 11 is 0. The van der Waals surface area contributed by atoms with Crippen LogP contribution in [-0.2, 0) is 9.59 Å². The monoisotopic (exact) mass is 376 g/mol. The summed E-state index contributed by atoms with van der Waals surface area (Å²) in [7, 11) is 0. The summed E-state index contributed by atoms with van der Waals surface area (Å²) in [6.45, 7) is 2.40. The van der Waals surface area contributed by atoms with Crippen LogP contribution in [0.1, 0.15) is 71.1 Å². The molecule has 0 aliphatic heterocycles. The van der Waals surface area contributed by atoms with Gasteiger partial charge in [-0.25, -0.2) is 0 Å². The van der Waals surface area contributed by atoms with Gasteiger partial charge in [-0.1, -0.05) is 32.6 Å². The Bertz CT molecular complexity index is 401. The van der Waals surface area contributed by atoms with Crippen molar-refractivity contribution >= 4 is 17.9 Å². The molecule has 0 aliphatic carbocycles. The van der Waals surface area contributed by atoms with Crippen molar-refractivity contribution in [1.29, 1.82) is 0 Å². The molecule has 0 saturated carbocycles. The number of unbranched alkanes of at least 4 members (excludes halogenated alkanes) is 4. The summed E-state index contributed by atoms with van der Waals surface area (Å²) < 4.78 is 0. The van der Waals surface area contributed by atoms with Crippen molar-refractivity contribution in [2.75, 3.05) is 6.54 Å². The van der Waals surface area contributed by atoms with Crippen LogP contribution < -0.4 is 17.2 Å². The number of nitrogens with two attached hydrogens (primary N) is 3. The minimum absolute atomic E-state index is 0.0129. The third kappa shape index (κ3) is 22.1. The van der Waals surface area contributed by atoms with Gasteiger partial charge in [-0.3, -0.25) is 14.6 Å². The molecule has 9 N–H and O–H groups in total. The summed E-state index contributed by atoms with van der Waals surface area (Å²) in [5, 5.41) is 26.0. The number of rotatable bonds is 14. The standard InChI is InChI=1S/C11H22O3.C6H14N4O2/c1-2-10(12)8-6-4-3-5-7-9-11(13)14;7-4(5(11)12)2-1-3-10-6(8)9/h10,12H,2-9H2,1H3,(H,13,14);4H,1-3,7H2,(H,11,12)(H4,8,9,10). The van der Waals surface area contributed by atoms with Crippen LogP contribution in [0, 0.1) is 0 Å². The van der Waals surface area contributed by atoms with Crippen LogP contribution in [0.4, 0.5) is 0 Å². The van der Waals surface area contributed by atoms with Gasteiger partial charge in [-0.2, -0.15) is 0 Å². The maximum Gasteiger partial charge on any atom is 0.320 e. The second-order valence-corrected chi connectivity index (χ2v) is 6.16. The Morgan fingerprint density at radius 1 is 0.962 bits per heavy atom. The second kappa shape index (κ2) is 17.9. The first-order valence-electron chi connectivity index (χ1n) is 9.14. The van der Waals surface area contributed by atoms with Crippen LogP contribution in [0.2, 0.25) is 0 Å². The molecule has 9 nitrogen and oxygen atoms in total. The third-order valence-electron chi connectivity index (χ3n) is 3.68. The smallest absolute Gasteiger partial charge is 0.320 e. The number of carboxylic acid groups (broad SMARTS) is 2. The number of aliphatic hydroxyl groups excluding tert-OH is 1. The molecular formula is C17H36N4O5. The number of nitrogens with zero attached hydrogens (tertiary/aromatic N) is 1. The molecule has 0 aromatic carbocycles. The number of hydrogen-bond donors (Lipinski definition) is 6. The van der Waals surface area contributed by atoms with Crippen molar-refractivity contribution < 1.29 is 24.9 Å². The zero-order chi connectivity index (χ0) is 20.4. The van der Waals surface area contributed by atoms with Crippen LogP contribution in [0.5, 0.6) is 0 Å². The Morgan fingerprint density at radius 3 is 2.04 bits per heavy atom. The first-order chi connectivity index (χ1) is 12.2. The van der Waals surface area contributed by atoms with Gasteiger partial charge in [0.05, 0.1) is 6.10 Å². The zero-order valence-corrected chi connectivity index (χ0v) is 15.8. The average molecular weight is 376 g/mol. The third-order valence-corrected chi connectivity index (χ3v) is 3.68. The molecular weight excluding hydrogens is 340 g/mol. The fourth-order valence-electron chi connectivity index (χ4n) is 2.03. The van der Waals surface area contributed by atoms with Crippen molar-refractivity contribution in [3.05, 3.63) is 0 Å². The summed E-state index contributed by atoms with van der Waals surface area (Å²) in [4.78, 5) is 24.1. The van der Waals surface area contributed by atoms with Crippen LogP contribution in [0.3, 0.4) is 0 Å². The highest BCUT2D eigenvalue weighted by molar-refractivity contribution is 5.75. The van der Waals surface area contributed by atoms with Crippen LogP contribution in [0.25, 0.3) is 0 Å². The summed E-state index contributed by atoms with van der Waals surface area (Å²) in [5.41, 5.74) is 15.3. The predicted octanol–water partition coefficient (Wildman–Crippen LogP) is 1.02. The lowest BCUT2D eigenvalue weighted by Gasteiger charge is -2.06. The van der Waals surface area contributed by atoms with E-state index >= 15 is 0 Å². The zero-order valence-electron chi connectivity index (χ0n) is 15.8. The quantitative estimate of drug-likeness (QED) is 0.147. The SMILES string of the molecule is CCC(O)CCCCCCCC(=O)O.NC(N)=NCCCC(N)C(=O)O. The molecule has 0 aromatic rings. The molecule has 0 saturated heterocycles. The number of carbonyl (C=O) groups is 2. The van der Waals surface area contributed by atoms with Gasteiger partial charge in [0.1, 0.15) is 6.04 Å². The van der Waals surface area contributed by atoms with E-state index in [4.69, 9.17) is 27.4 Å². The molecule has 0 fully saturated rings. The maximum atomic E-state index is 10.2. The Balaban J connectivity index is 0. The average Bonchev–Trinajstić information content (AvgIpc) is 2.57. The molecule has 2 atom stereocenters. The highest BCUT2D eigenvalue weighted by Gasteiger charge is 2.09. The van der Waals surface area contributed by atoms with E-state index in [1.54, 1.807) is 0 Å². The number of aliphatic carboxylic acids is 2. The van der Waals surface area contributed by atoms with Gasteiger partial charge < -0.3 is 32.5 Å². The largest absolute Gasteiger partial charge is 0.481 e. The molecule has 26 heavy (non-hydrogen) atoms. The molecule has 0 rings (SSSR count). The number of guanidine groups is 1. The Morgan fingerprint density at radius 2 is 1.54 bits per heavy atom. The fourth-order valence-corrected chi connectivity index (χ4v) is 2.03. The predicted molar refractivity (Wildman–Crippen MR) is 102 cm³/mol. The highest BCUT2D eigenvalue weighted by atomic mass is 16.4. The summed E-state index contributed by atoms with van der Waals surface area (Å²) in [5.74, 6) is -1.69. The van der Waals surface area contributed by atoms with Gasteiger partial charge in [0.25, 0.3) is 0 Å². The van der Waals surface area contributed by atoms with Crippen molar-refractivity contribution in [1.82, 2.24) is 0 Å². The summed E-state index contributed by atoms with van der Waals surface area (Å²) in [6.07, 6.45) is 7.85. The Kier molecular flexibility index (Phi) is 18.2. The molecule has 0 heterocycles. The normalized spacial score (nSPS) is 12.4. The molecule has 0 bridgehead atoms. The topological polar surface area (TPSA) is 185 Å². The molecule has 0 aromatic heterocycles. The lowest BCUT2D eigenvalue weighted by Crippen LogP contribution is -2.30. The molecule has 0 radical (unpaired) electrons. The lowest BCUT2D eigenvalue weighted by atomic mass is 10.1. The number of aliphatic imine (C=N–C) groups is 1. The minimum atomic E-state index is -1.00. The van der Waals surface area contributed by atoms with E-state index in [-0.39, 0.29) is 18.5 Å². The van der Waals surface area contributed by atoms with E-state index in [0.717, 1.165) is 44.9 Å². The molecule has 2 unspecified atom stereocenters. The van der Waals surface area contributed by atoms with Gasteiger partial charge in [-0.15, -0.1) is 0 Å². The number of hydrogen-bond acceptors (Lipinski definition) is 5. The number of carboxylic acids is 2. The van der Waals surface area contributed by atoms with Gasteiger partial charge >= 0.3 is 11.9 Å². The molecule has 0 spiro atoms. The number of aliphatic hydroxyl groups is 1. The summed E-state index contributed by atoms with van der Waals surface area (Å²) in [6, 6.07) is -0.820. The lowest BCUT2D eigenvalue weighted by molar-refractivity contribution is -0.139. The van der Waals surface area contributed by atoms with Crippen molar-refractivity contribution in [2.45, 2.75) is 83.3 Å². The minimum Gasteiger partial charge on any atom is -0.481 e. The van der Waals surface area contributed by atoms with Crippen molar-refractivity contribution in [2.24, 2.45) is 22.2 Å². The Hall–Kier alpha value is -1.87. The van der Waals surface area contributed by atoms with Crippen LogP contribution in [0.15, 0.2) is 4.99 Å². The van der Waals surface area contributed by atoms with E-state index in [1.165, 1.54) is 0 Å². The maximum absolute atomic E-state index is 10.2. The van der Waals surface area contributed by atoms with Gasteiger partial charge in [0, 0.05) is 13.0 Å². The first kappa shape index (κ1) is 26.4. The van der Waals surface area contributed by atoms with Gasteiger partial charge in [-0.05, 0) is 32.1 Å². The molecule has 154 valence electrons. The van der Waals surface area contributed by atoms with E-state index in [0.29, 0.717) is 19.4 Å². The van der Waals surface area contributed by atoms with Gasteiger partial charge in [0.2, 0.25) is 0 Å². The molecule has 9 heteroatoms. The van der Waals surface area contributed by atoms with Gasteiger partial charge in [0.15, 0.2) is 5.96 Å². The fraction of sp³-hybridized carbons (Fsp3) is 0.824. The second-order valence-electron chi connectivity index (χ2n) is 6.16. The van der Waals surface area contributed by atoms with Crippen LogP contribution >= 0.6 is 0 Å². The molecule has 0 aliphatic rings. The Labute approximate surface area is 155 Å². The molecule has 0 amide bonds. The van der Waals surface area contributed by atoms with E-state index in [2.05, 4.69) is 4.99 Å². The van der Waals surface area contributed by atoms with E-state index in [9.17, 15) is 14.7 Å². The van der Waals surface area contributed by atoms with E-state index in [1.807, 2.05) is 6.92 Å². The van der Waals surface area contributed by atoms with Crippen molar-refractivity contribution in [3.63, 3.8) is 0 Å².